The molecule has 2 nitrogen and oxygen atoms in total. The molecule has 1 N–H and O–H groups in total. The van der Waals surface area contributed by atoms with Gasteiger partial charge in [-0.2, -0.15) is 0 Å². The molecule has 39 heavy (non-hydrogen) atoms. The molecule has 0 heterocycles. The first-order valence-corrected chi connectivity index (χ1v) is 17.8. The highest BCUT2D eigenvalue weighted by atomic mass is 16.4. The summed E-state index contributed by atoms with van der Waals surface area (Å²) in [6.45, 7) is 2.29. The number of allylic oxidation sites excluding steroid dienone is 4. The van der Waals surface area contributed by atoms with Crippen LogP contribution >= 0.6 is 0 Å². The Bertz CT molecular complexity index is 522. The van der Waals surface area contributed by atoms with Gasteiger partial charge in [0.25, 0.3) is 0 Å². The molecule has 0 aliphatic carbocycles. The molecule has 0 unspecified atom stereocenters. The van der Waals surface area contributed by atoms with Crippen LogP contribution in [-0.2, 0) is 4.79 Å². The van der Waals surface area contributed by atoms with E-state index in [2.05, 4.69) is 31.2 Å². The van der Waals surface area contributed by atoms with Crippen molar-refractivity contribution in [3.05, 3.63) is 24.3 Å². The second-order valence-corrected chi connectivity index (χ2v) is 12.1. The first kappa shape index (κ1) is 38.0. The van der Waals surface area contributed by atoms with Gasteiger partial charge in [0.1, 0.15) is 0 Å². The number of unbranched alkanes of at least 4 members (excludes halogenated alkanes) is 27. The lowest BCUT2D eigenvalue weighted by atomic mass is 10.0. The first-order valence-electron chi connectivity index (χ1n) is 17.8. The van der Waals surface area contributed by atoms with Crippen molar-refractivity contribution < 1.29 is 9.90 Å². The number of hydrogen-bond donors (Lipinski definition) is 1. The molecule has 230 valence electrons. The molecule has 0 bridgehead atoms. The van der Waals surface area contributed by atoms with E-state index in [9.17, 15) is 4.79 Å². The maximum Gasteiger partial charge on any atom is 0.303 e. The first-order chi connectivity index (χ1) is 19.3. The highest BCUT2D eigenvalue weighted by Crippen LogP contribution is 2.15. The summed E-state index contributed by atoms with van der Waals surface area (Å²) >= 11 is 0. The fraction of sp³-hybridized carbons (Fsp3) is 0.865. The Morgan fingerprint density at radius 3 is 1.00 bits per heavy atom. The molecule has 0 aromatic rings. The third-order valence-corrected chi connectivity index (χ3v) is 8.09. The van der Waals surface area contributed by atoms with E-state index in [1.807, 2.05) is 0 Å². The van der Waals surface area contributed by atoms with Crippen LogP contribution in [0.4, 0.5) is 0 Å². The van der Waals surface area contributed by atoms with Gasteiger partial charge in [-0.15, -0.1) is 0 Å². The highest BCUT2D eigenvalue weighted by Gasteiger charge is 1.97. The lowest BCUT2D eigenvalue weighted by Gasteiger charge is -2.04. The van der Waals surface area contributed by atoms with Crippen molar-refractivity contribution in [1.82, 2.24) is 0 Å². The number of hydrogen-bond acceptors (Lipinski definition) is 1. The summed E-state index contributed by atoms with van der Waals surface area (Å²) in [5.41, 5.74) is 0. The maximum atomic E-state index is 10.5. The lowest BCUT2D eigenvalue weighted by Crippen LogP contribution is -1.93. The zero-order chi connectivity index (χ0) is 28.3. The van der Waals surface area contributed by atoms with Crippen LogP contribution in [-0.4, -0.2) is 11.1 Å². The van der Waals surface area contributed by atoms with Gasteiger partial charge in [-0.25, -0.2) is 0 Å². The fourth-order valence-corrected chi connectivity index (χ4v) is 5.45. The third-order valence-electron chi connectivity index (χ3n) is 8.09. The zero-order valence-electron chi connectivity index (χ0n) is 26.6. The Morgan fingerprint density at radius 1 is 0.410 bits per heavy atom. The van der Waals surface area contributed by atoms with E-state index in [1.54, 1.807) is 0 Å². The average Bonchev–Trinajstić information content (AvgIpc) is 2.93. The van der Waals surface area contributed by atoms with Crippen LogP contribution in [0.5, 0.6) is 0 Å². The molecule has 0 fully saturated rings. The number of rotatable bonds is 33. The summed E-state index contributed by atoms with van der Waals surface area (Å²) in [4.78, 5) is 10.5. The highest BCUT2D eigenvalue weighted by molar-refractivity contribution is 5.66. The summed E-state index contributed by atoms with van der Waals surface area (Å²) in [5, 5.41) is 8.63. The monoisotopic (exact) mass is 547 g/mol. The van der Waals surface area contributed by atoms with Gasteiger partial charge in [-0.1, -0.05) is 185 Å². The van der Waals surface area contributed by atoms with Crippen LogP contribution in [0.1, 0.15) is 206 Å². The maximum absolute atomic E-state index is 10.5. The predicted octanol–water partition coefficient (Wildman–Crippen LogP) is 13.3. The van der Waals surface area contributed by atoms with E-state index in [4.69, 9.17) is 5.11 Å². The van der Waals surface area contributed by atoms with Gasteiger partial charge >= 0.3 is 5.97 Å². The van der Waals surface area contributed by atoms with Crippen molar-refractivity contribution in [2.75, 3.05) is 0 Å². The van der Waals surface area contributed by atoms with E-state index < -0.39 is 5.97 Å². The molecule has 2 heteroatoms. The molecular weight excluding hydrogens is 476 g/mol. The number of aliphatic carboxylic acids is 1. The molecule has 0 aromatic carbocycles. The van der Waals surface area contributed by atoms with Crippen molar-refractivity contribution in [2.24, 2.45) is 0 Å². The molecular formula is C37H70O2. The van der Waals surface area contributed by atoms with Crippen molar-refractivity contribution in [2.45, 2.75) is 206 Å². The third kappa shape index (κ3) is 37.0. The van der Waals surface area contributed by atoms with E-state index in [-0.39, 0.29) is 0 Å². The predicted molar refractivity (Wildman–Crippen MR) is 175 cm³/mol. The topological polar surface area (TPSA) is 37.3 Å². The SMILES string of the molecule is CCCCCCCCCC/C=C\C/C=C\CCCCCCCCCCCCCCCCCCCCCC(=O)O. The Morgan fingerprint density at radius 2 is 0.692 bits per heavy atom. The molecule has 0 rings (SSSR count). The molecule has 0 spiro atoms. The Labute approximate surface area is 245 Å². The second kappa shape index (κ2) is 35.0. The standard InChI is InChI=1S/C37H70O2/c1-2-3-4-5-6-7-8-9-10-11-12-13-14-15-16-17-18-19-20-21-22-23-24-25-26-27-28-29-30-31-32-33-34-35-36-37(38)39/h11-12,14-15H,2-10,13,16-36H2,1H3,(H,38,39)/b12-11-,15-14-. The van der Waals surface area contributed by atoms with Crippen LogP contribution in [0.15, 0.2) is 24.3 Å². The molecule has 0 aliphatic heterocycles. The van der Waals surface area contributed by atoms with Crippen LogP contribution in [0.2, 0.25) is 0 Å². The molecule has 0 aromatic heterocycles. The summed E-state index contributed by atoms with van der Waals surface area (Å²) in [7, 11) is 0. The van der Waals surface area contributed by atoms with Crippen LogP contribution in [0.25, 0.3) is 0 Å². The van der Waals surface area contributed by atoms with Crippen LogP contribution in [0, 0.1) is 0 Å². The molecule has 0 amide bonds. The van der Waals surface area contributed by atoms with Crippen molar-refractivity contribution in [3.8, 4) is 0 Å². The summed E-state index contributed by atoms with van der Waals surface area (Å²) in [5.74, 6) is -0.651. The molecule has 0 radical (unpaired) electrons. The van der Waals surface area contributed by atoms with Gasteiger partial charge in [0.2, 0.25) is 0 Å². The van der Waals surface area contributed by atoms with E-state index >= 15 is 0 Å². The second-order valence-electron chi connectivity index (χ2n) is 12.1. The van der Waals surface area contributed by atoms with Crippen molar-refractivity contribution in [1.29, 1.82) is 0 Å². The van der Waals surface area contributed by atoms with E-state index in [1.165, 1.54) is 173 Å². The van der Waals surface area contributed by atoms with Gasteiger partial charge in [0, 0.05) is 6.42 Å². The molecule has 0 saturated heterocycles. The summed E-state index contributed by atoms with van der Waals surface area (Å²) in [6, 6.07) is 0. The van der Waals surface area contributed by atoms with Gasteiger partial charge in [0.15, 0.2) is 0 Å². The van der Waals surface area contributed by atoms with Crippen molar-refractivity contribution in [3.63, 3.8) is 0 Å². The minimum absolute atomic E-state index is 0.343. The Balaban J connectivity index is 3.13. The minimum atomic E-state index is -0.651. The van der Waals surface area contributed by atoms with E-state index in [0.29, 0.717) is 6.42 Å². The largest absolute Gasteiger partial charge is 0.481 e. The summed E-state index contributed by atoms with van der Waals surface area (Å²) < 4.78 is 0. The minimum Gasteiger partial charge on any atom is -0.481 e. The van der Waals surface area contributed by atoms with Gasteiger partial charge in [0.05, 0.1) is 0 Å². The normalized spacial score (nSPS) is 11.8. The fourth-order valence-electron chi connectivity index (χ4n) is 5.45. The van der Waals surface area contributed by atoms with Crippen LogP contribution < -0.4 is 0 Å². The average molecular weight is 547 g/mol. The van der Waals surface area contributed by atoms with Crippen LogP contribution in [0.3, 0.4) is 0 Å². The Kier molecular flexibility index (Phi) is 34.0. The summed E-state index contributed by atoms with van der Waals surface area (Å²) in [6.07, 6.45) is 50.4. The molecule has 0 atom stereocenters. The number of carboxylic acid groups (broad SMARTS) is 1. The van der Waals surface area contributed by atoms with E-state index in [0.717, 1.165) is 19.3 Å². The molecule has 0 saturated carbocycles. The smallest absolute Gasteiger partial charge is 0.303 e. The number of carboxylic acids is 1. The van der Waals surface area contributed by atoms with Crippen molar-refractivity contribution >= 4 is 5.97 Å². The zero-order valence-corrected chi connectivity index (χ0v) is 26.6. The quantitative estimate of drug-likeness (QED) is 0.0656. The number of carbonyl (C=O) groups is 1. The van der Waals surface area contributed by atoms with Gasteiger partial charge in [-0.05, 0) is 38.5 Å². The van der Waals surface area contributed by atoms with Gasteiger partial charge in [-0.3, -0.25) is 4.79 Å². The molecule has 0 aliphatic rings. The van der Waals surface area contributed by atoms with Gasteiger partial charge < -0.3 is 5.11 Å². The lowest BCUT2D eigenvalue weighted by molar-refractivity contribution is -0.137. The Hall–Kier alpha value is -1.05.